The first-order valence-electron chi connectivity index (χ1n) is 7.46. The van der Waals surface area contributed by atoms with Crippen molar-refractivity contribution in [2.24, 2.45) is 34.8 Å². The van der Waals surface area contributed by atoms with Gasteiger partial charge in [-0.15, -0.1) is 0 Å². The molecule has 0 saturated heterocycles. The second-order valence-electron chi connectivity index (χ2n) is 7.33. The Labute approximate surface area is 110 Å². The molecule has 0 heterocycles. The van der Waals surface area contributed by atoms with Gasteiger partial charge in [-0.25, -0.2) is 0 Å². The molecule has 4 saturated carbocycles. The van der Waals surface area contributed by atoms with E-state index in [0.29, 0.717) is 5.92 Å². The molecular weight excluding hydrogens is 224 g/mol. The third-order valence-corrected chi connectivity index (χ3v) is 5.90. The van der Waals surface area contributed by atoms with Crippen molar-refractivity contribution in [1.82, 2.24) is 4.90 Å². The molecule has 4 aliphatic carbocycles. The van der Waals surface area contributed by atoms with Crippen LogP contribution < -0.4 is 5.73 Å². The van der Waals surface area contributed by atoms with Crippen LogP contribution in [0.2, 0.25) is 0 Å². The fourth-order valence-corrected chi connectivity index (χ4v) is 5.44. The maximum absolute atomic E-state index is 12.1. The van der Waals surface area contributed by atoms with Crippen LogP contribution in [0.1, 0.15) is 38.5 Å². The minimum atomic E-state index is -0.134. The van der Waals surface area contributed by atoms with Gasteiger partial charge in [-0.3, -0.25) is 4.79 Å². The molecule has 1 amide bonds. The second kappa shape index (κ2) is 4.22. The van der Waals surface area contributed by atoms with Crippen molar-refractivity contribution in [1.29, 1.82) is 0 Å². The van der Waals surface area contributed by atoms with Crippen LogP contribution in [0.25, 0.3) is 0 Å². The molecule has 4 fully saturated rings. The fourth-order valence-electron chi connectivity index (χ4n) is 5.44. The molecule has 102 valence electrons. The van der Waals surface area contributed by atoms with Gasteiger partial charge in [0.1, 0.15) is 0 Å². The van der Waals surface area contributed by atoms with Crippen LogP contribution in [0.3, 0.4) is 0 Å². The Morgan fingerprint density at radius 3 is 2.33 bits per heavy atom. The number of hydrogen-bond acceptors (Lipinski definition) is 2. The van der Waals surface area contributed by atoms with E-state index in [-0.39, 0.29) is 11.3 Å². The summed E-state index contributed by atoms with van der Waals surface area (Å²) in [6.45, 7) is 1.09. The van der Waals surface area contributed by atoms with Gasteiger partial charge in [0.05, 0.1) is 5.41 Å². The average molecular weight is 250 g/mol. The minimum absolute atomic E-state index is 0.00496. The van der Waals surface area contributed by atoms with Crippen molar-refractivity contribution < 1.29 is 4.79 Å². The van der Waals surface area contributed by atoms with E-state index in [1.54, 1.807) is 0 Å². The molecule has 4 rings (SSSR count). The number of nitrogens with two attached hydrogens (primary N) is 1. The lowest BCUT2D eigenvalue weighted by Gasteiger charge is -2.60. The van der Waals surface area contributed by atoms with E-state index in [2.05, 4.69) is 19.0 Å². The highest BCUT2D eigenvalue weighted by Gasteiger charge is 2.59. The third-order valence-electron chi connectivity index (χ3n) is 5.90. The van der Waals surface area contributed by atoms with Crippen molar-refractivity contribution in [3.05, 3.63) is 0 Å². The number of carbonyl (C=O) groups is 1. The van der Waals surface area contributed by atoms with E-state index < -0.39 is 0 Å². The predicted molar refractivity (Wildman–Crippen MR) is 71.8 cm³/mol. The first-order chi connectivity index (χ1) is 8.51. The molecule has 0 spiro atoms. The van der Waals surface area contributed by atoms with Crippen LogP contribution in [0.15, 0.2) is 0 Å². The van der Waals surface area contributed by atoms with Gasteiger partial charge in [-0.1, -0.05) is 0 Å². The molecule has 0 aromatic carbocycles. The van der Waals surface area contributed by atoms with Crippen molar-refractivity contribution >= 4 is 5.91 Å². The zero-order valence-electron chi connectivity index (χ0n) is 11.7. The largest absolute Gasteiger partial charge is 0.369 e. The summed E-state index contributed by atoms with van der Waals surface area (Å²) in [5.74, 6) is 2.94. The second-order valence-corrected chi connectivity index (χ2v) is 7.33. The lowest BCUT2D eigenvalue weighted by molar-refractivity contribution is -0.157. The molecule has 0 aromatic rings. The van der Waals surface area contributed by atoms with Crippen LogP contribution in [-0.2, 0) is 4.79 Å². The maximum Gasteiger partial charge on any atom is 0.223 e. The molecule has 3 atom stereocenters. The molecule has 0 aromatic heterocycles. The van der Waals surface area contributed by atoms with Crippen LogP contribution >= 0.6 is 0 Å². The lowest BCUT2D eigenvalue weighted by Crippen LogP contribution is -2.58. The van der Waals surface area contributed by atoms with E-state index in [9.17, 15) is 4.79 Å². The van der Waals surface area contributed by atoms with Crippen LogP contribution in [0.4, 0.5) is 0 Å². The predicted octanol–water partition coefficient (Wildman–Crippen LogP) is 1.87. The lowest BCUT2D eigenvalue weighted by atomic mass is 9.44. The SMILES string of the molecule is CN(C)CCC1C2CC3CC(C2)CC1(C(N)=O)C3. The van der Waals surface area contributed by atoms with Gasteiger partial charge in [0.15, 0.2) is 0 Å². The standard InChI is InChI=1S/C15H26N2O/c1-17(2)4-3-13-12-6-10-5-11(7-12)9-15(13,8-10)14(16)18/h10-13H,3-9H2,1-2H3,(H2,16,18). The van der Waals surface area contributed by atoms with Crippen LogP contribution in [0.5, 0.6) is 0 Å². The summed E-state index contributed by atoms with van der Waals surface area (Å²) in [5, 5.41) is 0. The van der Waals surface area contributed by atoms with E-state index in [4.69, 9.17) is 5.73 Å². The monoisotopic (exact) mass is 250 g/mol. The quantitative estimate of drug-likeness (QED) is 0.828. The molecule has 3 heteroatoms. The maximum atomic E-state index is 12.1. The molecule has 4 aliphatic rings. The van der Waals surface area contributed by atoms with Crippen molar-refractivity contribution in [3.63, 3.8) is 0 Å². The van der Waals surface area contributed by atoms with Crippen molar-refractivity contribution in [2.75, 3.05) is 20.6 Å². The van der Waals surface area contributed by atoms with E-state index >= 15 is 0 Å². The first kappa shape index (κ1) is 12.5. The summed E-state index contributed by atoms with van der Waals surface area (Å²) in [5.41, 5.74) is 5.70. The van der Waals surface area contributed by atoms with E-state index in [1.807, 2.05) is 0 Å². The van der Waals surface area contributed by atoms with E-state index in [1.165, 1.54) is 19.3 Å². The number of primary amides is 1. The first-order valence-corrected chi connectivity index (χ1v) is 7.46. The highest BCUT2D eigenvalue weighted by atomic mass is 16.1. The molecular formula is C15H26N2O. The van der Waals surface area contributed by atoms with Gasteiger partial charge < -0.3 is 10.6 Å². The van der Waals surface area contributed by atoms with Crippen molar-refractivity contribution in [3.8, 4) is 0 Å². The Bertz CT molecular complexity index is 338. The number of rotatable bonds is 4. The molecule has 0 radical (unpaired) electrons. The molecule has 18 heavy (non-hydrogen) atoms. The van der Waals surface area contributed by atoms with Gasteiger partial charge >= 0.3 is 0 Å². The summed E-state index contributed by atoms with van der Waals surface area (Å²) in [4.78, 5) is 14.4. The Morgan fingerprint density at radius 2 is 1.83 bits per heavy atom. The number of hydrogen-bond donors (Lipinski definition) is 1. The molecule has 2 N–H and O–H groups in total. The van der Waals surface area contributed by atoms with Gasteiger partial charge in [-0.2, -0.15) is 0 Å². The molecule has 3 nitrogen and oxygen atoms in total. The average Bonchev–Trinajstić information content (AvgIpc) is 2.26. The highest BCUT2D eigenvalue weighted by Crippen LogP contribution is 2.63. The molecule has 4 bridgehead atoms. The summed E-state index contributed by atoms with van der Waals surface area (Å²) in [7, 11) is 4.24. The topological polar surface area (TPSA) is 46.3 Å². The Balaban J connectivity index is 1.84. The third kappa shape index (κ3) is 1.78. The summed E-state index contributed by atoms with van der Waals surface area (Å²) >= 11 is 0. The molecule has 0 aliphatic heterocycles. The van der Waals surface area contributed by atoms with Crippen LogP contribution in [-0.4, -0.2) is 31.4 Å². The Morgan fingerprint density at radius 1 is 1.22 bits per heavy atom. The smallest absolute Gasteiger partial charge is 0.223 e. The van der Waals surface area contributed by atoms with E-state index in [0.717, 1.165) is 43.6 Å². The number of nitrogens with zero attached hydrogens (tertiary/aromatic N) is 1. The zero-order valence-corrected chi connectivity index (χ0v) is 11.7. The molecule has 3 unspecified atom stereocenters. The van der Waals surface area contributed by atoms with Gasteiger partial charge in [0.25, 0.3) is 0 Å². The van der Waals surface area contributed by atoms with Gasteiger partial charge in [-0.05, 0) is 82.8 Å². The number of carbonyl (C=O) groups excluding carboxylic acids is 1. The van der Waals surface area contributed by atoms with Gasteiger partial charge in [0, 0.05) is 0 Å². The summed E-state index contributed by atoms with van der Waals surface area (Å²) in [6.07, 6.45) is 7.43. The highest BCUT2D eigenvalue weighted by molar-refractivity contribution is 5.81. The zero-order chi connectivity index (χ0) is 12.9. The normalized spacial score (nSPS) is 45.7. The van der Waals surface area contributed by atoms with Crippen molar-refractivity contribution in [2.45, 2.75) is 38.5 Å². The number of amides is 1. The Hall–Kier alpha value is -0.570. The van der Waals surface area contributed by atoms with Crippen LogP contribution in [0, 0.1) is 29.1 Å². The Kier molecular flexibility index (Phi) is 2.92. The summed E-state index contributed by atoms with van der Waals surface area (Å²) in [6, 6.07) is 0. The van der Waals surface area contributed by atoms with Gasteiger partial charge in [0.2, 0.25) is 5.91 Å². The fraction of sp³-hybridized carbons (Fsp3) is 0.933. The summed E-state index contributed by atoms with van der Waals surface area (Å²) < 4.78 is 0. The minimum Gasteiger partial charge on any atom is -0.369 e.